The van der Waals surface area contributed by atoms with Gasteiger partial charge in [-0.05, 0) is 32.4 Å². The zero-order valence-electron chi connectivity index (χ0n) is 10.7. The molecule has 0 amide bonds. The highest BCUT2D eigenvalue weighted by atomic mass is 32.1. The van der Waals surface area contributed by atoms with Crippen molar-refractivity contribution in [3.63, 3.8) is 0 Å². The number of anilines is 1. The second kappa shape index (κ2) is 2.99. The monoisotopic (exact) mass is 243 g/mol. The first kappa shape index (κ1) is 11.0. The minimum atomic E-state index is -0.0131. The lowest BCUT2D eigenvalue weighted by Gasteiger charge is -2.61. The molecule has 1 nitrogen and oxygen atoms in total. The molecule has 2 atom stereocenters. The van der Waals surface area contributed by atoms with Crippen LogP contribution in [0.2, 0.25) is 0 Å². The Labute approximate surface area is 108 Å². The van der Waals surface area contributed by atoms with Gasteiger partial charge in [0.25, 0.3) is 0 Å². The molecule has 3 rings (SSSR count). The lowest BCUT2D eigenvalue weighted by Crippen LogP contribution is -2.60. The minimum absolute atomic E-state index is 0.0131. The molecule has 0 aromatic heterocycles. The van der Waals surface area contributed by atoms with Gasteiger partial charge in [-0.3, -0.25) is 0 Å². The number of thiocarbonyl (C=S) groups is 1. The molecule has 2 heteroatoms. The lowest BCUT2D eigenvalue weighted by atomic mass is 9.45. The van der Waals surface area contributed by atoms with Gasteiger partial charge in [-0.1, -0.05) is 48.5 Å². The predicted molar refractivity (Wildman–Crippen MR) is 76.5 cm³/mol. The van der Waals surface area contributed by atoms with Gasteiger partial charge in [-0.15, -0.1) is 0 Å². The highest BCUT2D eigenvalue weighted by Gasteiger charge is 2.61. The molecule has 0 bridgehead atoms. The third-order valence-electron chi connectivity index (χ3n) is 5.23. The van der Waals surface area contributed by atoms with Crippen LogP contribution < -0.4 is 5.32 Å². The molecule has 1 aromatic carbocycles. The van der Waals surface area contributed by atoms with E-state index in [1.54, 1.807) is 0 Å². The molecule has 1 N–H and O–H groups in total. The zero-order chi connectivity index (χ0) is 12.4. The maximum atomic E-state index is 5.60. The average Bonchev–Trinajstić information content (AvgIpc) is 2.34. The third-order valence-corrected chi connectivity index (χ3v) is 5.74. The summed E-state index contributed by atoms with van der Waals surface area (Å²) in [6.07, 6.45) is 0. The van der Waals surface area contributed by atoms with Crippen LogP contribution in [0.5, 0.6) is 0 Å². The number of allylic oxidation sites excluding steroid dienone is 1. The summed E-state index contributed by atoms with van der Waals surface area (Å²) in [5.74, 6) is 0. The minimum Gasteiger partial charge on any atom is -0.349 e. The number of rotatable bonds is 0. The first-order valence-electron chi connectivity index (χ1n) is 6.03. The largest absolute Gasteiger partial charge is 0.349 e. The summed E-state index contributed by atoms with van der Waals surface area (Å²) in [7, 11) is 0. The molecule has 1 aliphatic carbocycles. The molecular formula is C15H17NS. The molecule has 88 valence electrons. The van der Waals surface area contributed by atoms with E-state index in [9.17, 15) is 0 Å². The van der Waals surface area contributed by atoms with Crippen LogP contribution in [-0.2, 0) is 5.41 Å². The smallest absolute Gasteiger partial charge is 0.0910 e. The summed E-state index contributed by atoms with van der Waals surface area (Å²) in [6.45, 7) is 9.03. The summed E-state index contributed by atoms with van der Waals surface area (Å²) >= 11 is 5.60. The van der Waals surface area contributed by atoms with Crippen molar-refractivity contribution >= 4 is 22.9 Å². The van der Waals surface area contributed by atoms with Gasteiger partial charge in [0, 0.05) is 11.1 Å². The standard InChI is InChI=1S/C15H17NS/c1-9-10(2)15(4)13(17)16-12-8-6-5-7-11(12)14(9,15)3/h5-8H,1-4H3,(H,16,17). The molecule has 0 saturated carbocycles. The van der Waals surface area contributed by atoms with E-state index in [1.165, 1.54) is 22.4 Å². The van der Waals surface area contributed by atoms with Crippen LogP contribution in [0.15, 0.2) is 35.4 Å². The van der Waals surface area contributed by atoms with E-state index in [4.69, 9.17) is 12.2 Å². The van der Waals surface area contributed by atoms with Crippen LogP contribution in [0.25, 0.3) is 0 Å². The number of para-hydroxylation sites is 1. The van der Waals surface area contributed by atoms with E-state index in [0.717, 1.165) is 4.99 Å². The van der Waals surface area contributed by atoms with Crippen LogP contribution in [0.4, 0.5) is 5.69 Å². The topological polar surface area (TPSA) is 12.0 Å². The first-order valence-corrected chi connectivity index (χ1v) is 6.44. The average molecular weight is 243 g/mol. The van der Waals surface area contributed by atoms with Crippen molar-refractivity contribution in [2.45, 2.75) is 33.1 Å². The summed E-state index contributed by atoms with van der Waals surface area (Å²) in [6, 6.07) is 8.51. The molecular weight excluding hydrogens is 226 g/mol. The van der Waals surface area contributed by atoms with Crippen LogP contribution in [0.1, 0.15) is 33.3 Å². The van der Waals surface area contributed by atoms with Crippen molar-refractivity contribution in [3.05, 3.63) is 41.0 Å². The van der Waals surface area contributed by atoms with Gasteiger partial charge in [-0.2, -0.15) is 0 Å². The summed E-state index contributed by atoms with van der Waals surface area (Å²) in [5.41, 5.74) is 5.49. The summed E-state index contributed by atoms with van der Waals surface area (Å²) in [4.78, 5) is 0.960. The van der Waals surface area contributed by atoms with E-state index in [-0.39, 0.29) is 10.8 Å². The molecule has 2 unspecified atom stereocenters. The van der Waals surface area contributed by atoms with E-state index in [2.05, 4.69) is 57.3 Å². The Morgan fingerprint density at radius 1 is 1.00 bits per heavy atom. The van der Waals surface area contributed by atoms with Crippen LogP contribution >= 0.6 is 12.2 Å². The van der Waals surface area contributed by atoms with Crippen molar-refractivity contribution in [2.24, 2.45) is 5.41 Å². The highest BCUT2D eigenvalue weighted by molar-refractivity contribution is 7.80. The number of benzene rings is 1. The number of hydrogen-bond acceptors (Lipinski definition) is 1. The van der Waals surface area contributed by atoms with Crippen molar-refractivity contribution in [1.29, 1.82) is 0 Å². The van der Waals surface area contributed by atoms with E-state index < -0.39 is 0 Å². The van der Waals surface area contributed by atoms with E-state index in [0.29, 0.717) is 0 Å². The fourth-order valence-corrected chi connectivity index (χ4v) is 4.05. The maximum absolute atomic E-state index is 5.60. The van der Waals surface area contributed by atoms with Crippen molar-refractivity contribution in [1.82, 2.24) is 0 Å². The SMILES string of the molecule is CC1=C(C)C2(C)c3ccccc3NC(=S)C12C. The Bertz CT molecular complexity index is 572. The second-order valence-corrected chi connectivity index (χ2v) is 5.91. The lowest BCUT2D eigenvalue weighted by molar-refractivity contribution is 0.274. The Morgan fingerprint density at radius 2 is 1.59 bits per heavy atom. The van der Waals surface area contributed by atoms with Gasteiger partial charge in [0.05, 0.1) is 10.4 Å². The van der Waals surface area contributed by atoms with Crippen LogP contribution in [0, 0.1) is 5.41 Å². The summed E-state index contributed by atoms with van der Waals surface area (Å²) in [5, 5.41) is 3.41. The Hall–Kier alpha value is -1.15. The quantitative estimate of drug-likeness (QED) is 0.545. The Balaban J connectivity index is 2.35. The van der Waals surface area contributed by atoms with Gasteiger partial charge in [-0.25, -0.2) is 0 Å². The molecule has 0 spiro atoms. The molecule has 0 fully saturated rings. The zero-order valence-corrected chi connectivity index (χ0v) is 11.5. The first-order chi connectivity index (χ1) is 7.94. The number of nitrogens with one attached hydrogen (secondary N) is 1. The molecule has 2 aliphatic rings. The normalized spacial score (nSPS) is 34.7. The predicted octanol–water partition coefficient (Wildman–Crippen LogP) is 4.05. The van der Waals surface area contributed by atoms with E-state index >= 15 is 0 Å². The molecule has 1 aliphatic heterocycles. The maximum Gasteiger partial charge on any atom is 0.0910 e. The van der Waals surface area contributed by atoms with Crippen LogP contribution in [-0.4, -0.2) is 4.99 Å². The van der Waals surface area contributed by atoms with Gasteiger partial charge in [0.1, 0.15) is 0 Å². The van der Waals surface area contributed by atoms with Gasteiger partial charge < -0.3 is 5.32 Å². The third kappa shape index (κ3) is 0.948. The summed E-state index contributed by atoms with van der Waals surface area (Å²) < 4.78 is 0. The molecule has 0 radical (unpaired) electrons. The van der Waals surface area contributed by atoms with Gasteiger partial charge in [0.2, 0.25) is 0 Å². The van der Waals surface area contributed by atoms with Crippen LogP contribution in [0.3, 0.4) is 0 Å². The van der Waals surface area contributed by atoms with Crippen molar-refractivity contribution < 1.29 is 0 Å². The Kier molecular flexibility index (Phi) is 1.93. The fraction of sp³-hybridized carbons (Fsp3) is 0.400. The molecule has 17 heavy (non-hydrogen) atoms. The molecule has 1 aromatic rings. The van der Waals surface area contributed by atoms with Crippen molar-refractivity contribution in [2.75, 3.05) is 5.32 Å². The van der Waals surface area contributed by atoms with Crippen molar-refractivity contribution in [3.8, 4) is 0 Å². The molecule has 0 saturated heterocycles. The van der Waals surface area contributed by atoms with Gasteiger partial charge in [0.15, 0.2) is 0 Å². The Morgan fingerprint density at radius 3 is 2.29 bits per heavy atom. The number of hydrogen-bond donors (Lipinski definition) is 1. The molecule has 1 heterocycles. The van der Waals surface area contributed by atoms with Gasteiger partial charge >= 0.3 is 0 Å². The second-order valence-electron chi connectivity index (χ2n) is 5.50. The number of fused-ring (bicyclic) bond motifs is 3. The van der Waals surface area contributed by atoms with E-state index in [1.807, 2.05) is 0 Å². The highest BCUT2D eigenvalue weighted by Crippen LogP contribution is 2.64. The fourth-order valence-electron chi connectivity index (χ4n) is 3.58.